The molecule has 6 heteroatoms. The van der Waals surface area contributed by atoms with E-state index < -0.39 is 0 Å². The Labute approximate surface area is 99.6 Å². The molecule has 5 nitrogen and oxygen atoms in total. The molecule has 16 heavy (non-hydrogen) atoms. The van der Waals surface area contributed by atoms with Gasteiger partial charge in [0.25, 0.3) is 0 Å². The Bertz CT molecular complexity index is 324. The fraction of sp³-hybridized carbons (Fsp3) is 0.800. The molecule has 0 aliphatic carbocycles. The second kappa shape index (κ2) is 5.56. The van der Waals surface area contributed by atoms with E-state index in [0.717, 1.165) is 37.2 Å². The molecule has 90 valence electrons. The van der Waals surface area contributed by atoms with E-state index in [4.69, 9.17) is 10.5 Å². The highest BCUT2D eigenvalue weighted by atomic mass is 32.1. The Hall–Kier alpha value is -0.720. The normalized spacial score (nSPS) is 18.1. The van der Waals surface area contributed by atoms with Gasteiger partial charge in [-0.1, -0.05) is 11.3 Å². The Morgan fingerprint density at radius 2 is 2.19 bits per heavy atom. The molecule has 0 aromatic carbocycles. The van der Waals surface area contributed by atoms with Gasteiger partial charge in [0.2, 0.25) is 5.13 Å². The van der Waals surface area contributed by atoms with Crippen LogP contribution in [0.5, 0.6) is 0 Å². The summed E-state index contributed by atoms with van der Waals surface area (Å²) in [6.45, 7) is 3.75. The van der Waals surface area contributed by atoms with Crippen LogP contribution in [-0.2, 0) is 11.3 Å². The molecule has 0 amide bonds. The van der Waals surface area contributed by atoms with Crippen LogP contribution in [0.15, 0.2) is 0 Å². The van der Waals surface area contributed by atoms with Crippen molar-refractivity contribution < 1.29 is 4.74 Å². The summed E-state index contributed by atoms with van der Waals surface area (Å²) < 4.78 is 5.35. The first-order valence-corrected chi connectivity index (χ1v) is 6.40. The molecule has 2 rings (SSSR count). The van der Waals surface area contributed by atoms with E-state index in [2.05, 4.69) is 22.1 Å². The molecule has 2 heterocycles. The molecule has 1 saturated heterocycles. The molecule has 0 unspecified atom stereocenters. The summed E-state index contributed by atoms with van der Waals surface area (Å²) in [7, 11) is 2.12. The number of hydrogen-bond donors (Lipinski definition) is 1. The first-order valence-electron chi connectivity index (χ1n) is 5.58. The van der Waals surface area contributed by atoms with Gasteiger partial charge in [-0.15, -0.1) is 10.2 Å². The van der Waals surface area contributed by atoms with Crippen molar-refractivity contribution in [2.24, 2.45) is 5.92 Å². The van der Waals surface area contributed by atoms with Crippen molar-refractivity contribution in [3.63, 3.8) is 0 Å². The number of nitrogens with two attached hydrogens (primary N) is 1. The van der Waals surface area contributed by atoms with Crippen LogP contribution in [0.2, 0.25) is 0 Å². The second-order valence-corrected chi connectivity index (χ2v) is 5.38. The smallest absolute Gasteiger partial charge is 0.203 e. The van der Waals surface area contributed by atoms with E-state index in [1.165, 1.54) is 24.2 Å². The van der Waals surface area contributed by atoms with Gasteiger partial charge in [0.15, 0.2) is 0 Å². The van der Waals surface area contributed by atoms with Gasteiger partial charge in [-0.05, 0) is 25.8 Å². The lowest BCUT2D eigenvalue weighted by Crippen LogP contribution is -2.29. The molecular formula is C10H18N4OS. The summed E-state index contributed by atoms with van der Waals surface area (Å²) in [6, 6.07) is 0. The zero-order valence-electron chi connectivity index (χ0n) is 9.56. The average Bonchev–Trinajstić information content (AvgIpc) is 2.65. The number of anilines is 1. The summed E-state index contributed by atoms with van der Waals surface area (Å²) in [5.41, 5.74) is 5.55. The maximum absolute atomic E-state index is 5.55. The third kappa shape index (κ3) is 3.40. The molecule has 2 N–H and O–H groups in total. The van der Waals surface area contributed by atoms with Crippen LogP contribution in [-0.4, -0.2) is 41.9 Å². The highest BCUT2D eigenvalue weighted by Crippen LogP contribution is 2.18. The SMILES string of the molecule is CN(Cc1nnc(N)s1)CC1CCOCC1. The fourth-order valence-electron chi connectivity index (χ4n) is 2.00. The van der Waals surface area contributed by atoms with E-state index in [-0.39, 0.29) is 0 Å². The molecule has 1 fully saturated rings. The zero-order chi connectivity index (χ0) is 11.4. The van der Waals surface area contributed by atoms with Crippen LogP contribution in [0.4, 0.5) is 5.13 Å². The monoisotopic (exact) mass is 242 g/mol. The standard InChI is InChI=1S/C10H18N4OS/c1-14(6-8-2-4-15-5-3-8)7-9-12-13-10(11)16-9/h8H,2-7H2,1H3,(H2,11,13). The van der Waals surface area contributed by atoms with Crippen molar-refractivity contribution in [2.45, 2.75) is 19.4 Å². The third-order valence-corrected chi connectivity index (χ3v) is 3.54. The summed E-state index contributed by atoms with van der Waals surface area (Å²) in [6.07, 6.45) is 2.34. The molecule has 0 radical (unpaired) electrons. The van der Waals surface area contributed by atoms with Crippen LogP contribution < -0.4 is 5.73 Å². The molecule has 0 bridgehead atoms. The molecule has 0 atom stereocenters. The van der Waals surface area contributed by atoms with E-state index >= 15 is 0 Å². The summed E-state index contributed by atoms with van der Waals surface area (Å²) in [5, 5.41) is 9.39. The highest BCUT2D eigenvalue weighted by Gasteiger charge is 2.16. The Kier molecular flexibility index (Phi) is 4.09. The topological polar surface area (TPSA) is 64.3 Å². The number of hydrogen-bond acceptors (Lipinski definition) is 6. The molecule has 1 aromatic rings. The first kappa shape index (κ1) is 11.8. The average molecular weight is 242 g/mol. The highest BCUT2D eigenvalue weighted by molar-refractivity contribution is 7.15. The molecular weight excluding hydrogens is 224 g/mol. The minimum atomic E-state index is 0.550. The molecule has 1 aliphatic rings. The van der Waals surface area contributed by atoms with Crippen molar-refractivity contribution in [1.29, 1.82) is 0 Å². The number of aromatic nitrogens is 2. The lowest BCUT2D eigenvalue weighted by atomic mass is 10.00. The minimum absolute atomic E-state index is 0.550. The predicted octanol–water partition coefficient (Wildman–Crippen LogP) is 0.979. The van der Waals surface area contributed by atoms with Gasteiger partial charge in [0, 0.05) is 19.8 Å². The van der Waals surface area contributed by atoms with Gasteiger partial charge in [-0.3, -0.25) is 4.90 Å². The van der Waals surface area contributed by atoms with Crippen LogP contribution >= 0.6 is 11.3 Å². The number of rotatable bonds is 4. The van der Waals surface area contributed by atoms with Gasteiger partial charge in [0.1, 0.15) is 5.01 Å². The van der Waals surface area contributed by atoms with Crippen molar-refractivity contribution in [1.82, 2.24) is 15.1 Å². The molecule has 1 aromatic heterocycles. The predicted molar refractivity (Wildman–Crippen MR) is 64.2 cm³/mol. The maximum atomic E-state index is 5.55. The lowest BCUT2D eigenvalue weighted by Gasteiger charge is -2.26. The fourth-order valence-corrected chi connectivity index (χ4v) is 2.69. The lowest BCUT2D eigenvalue weighted by molar-refractivity contribution is 0.0549. The van der Waals surface area contributed by atoms with Crippen LogP contribution in [0.25, 0.3) is 0 Å². The van der Waals surface area contributed by atoms with Gasteiger partial charge in [-0.25, -0.2) is 0 Å². The van der Waals surface area contributed by atoms with E-state index in [9.17, 15) is 0 Å². The summed E-state index contributed by atoms with van der Waals surface area (Å²) in [4.78, 5) is 2.29. The van der Waals surface area contributed by atoms with Crippen molar-refractivity contribution in [2.75, 3.05) is 32.5 Å². The molecule has 0 saturated carbocycles. The van der Waals surface area contributed by atoms with Gasteiger partial charge >= 0.3 is 0 Å². The third-order valence-electron chi connectivity index (χ3n) is 2.80. The van der Waals surface area contributed by atoms with Gasteiger partial charge < -0.3 is 10.5 Å². The molecule has 1 aliphatic heterocycles. The van der Waals surface area contributed by atoms with Crippen LogP contribution in [0.3, 0.4) is 0 Å². The summed E-state index contributed by atoms with van der Waals surface area (Å²) >= 11 is 1.47. The first-order chi connectivity index (χ1) is 7.74. The quantitative estimate of drug-likeness (QED) is 0.852. The van der Waals surface area contributed by atoms with Crippen molar-refractivity contribution >= 4 is 16.5 Å². The van der Waals surface area contributed by atoms with E-state index in [1.807, 2.05) is 0 Å². The Balaban J connectivity index is 1.77. The van der Waals surface area contributed by atoms with E-state index in [1.54, 1.807) is 0 Å². The van der Waals surface area contributed by atoms with Crippen LogP contribution in [0.1, 0.15) is 17.8 Å². The summed E-state index contributed by atoms with van der Waals surface area (Å²) in [5.74, 6) is 0.754. The van der Waals surface area contributed by atoms with Crippen molar-refractivity contribution in [3.8, 4) is 0 Å². The zero-order valence-corrected chi connectivity index (χ0v) is 10.4. The van der Waals surface area contributed by atoms with Gasteiger partial charge in [-0.2, -0.15) is 0 Å². The minimum Gasteiger partial charge on any atom is -0.381 e. The maximum Gasteiger partial charge on any atom is 0.203 e. The Morgan fingerprint density at radius 3 is 2.81 bits per heavy atom. The van der Waals surface area contributed by atoms with E-state index in [0.29, 0.717) is 5.13 Å². The Morgan fingerprint density at radius 1 is 1.44 bits per heavy atom. The number of nitrogen functional groups attached to an aromatic ring is 1. The van der Waals surface area contributed by atoms with Crippen molar-refractivity contribution in [3.05, 3.63) is 5.01 Å². The molecule has 0 spiro atoms. The van der Waals surface area contributed by atoms with Crippen LogP contribution in [0, 0.1) is 5.92 Å². The number of nitrogens with zero attached hydrogens (tertiary/aromatic N) is 3. The number of ether oxygens (including phenoxy) is 1. The van der Waals surface area contributed by atoms with Gasteiger partial charge in [0.05, 0.1) is 6.54 Å². The second-order valence-electron chi connectivity index (χ2n) is 4.29. The largest absolute Gasteiger partial charge is 0.381 e.